The van der Waals surface area contributed by atoms with E-state index < -0.39 is 0 Å². The summed E-state index contributed by atoms with van der Waals surface area (Å²) >= 11 is 5.92. The summed E-state index contributed by atoms with van der Waals surface area (Å²) in [6.45, 7) is 9.50. The maximum atomic E-state index is 11.0. The molecule has 21 heavy (non-hydrogen) atoms. The van der Waals surface area contributed by atoms with E-state index in [-0.39, 0.29) is 16.7 Å². The first-order valence-electron chi connectivity index (χ1n) is 7.40. The Hall–Kier alpha value is -1.33. The van der Waals surface area contributed by atoms with E-state index >= 15 is 0 Å². The van der Waals surface area contributed by atoms with E-state index in [1.165, 1.54) is 12.1 Å². The van der Waals surface area contributed by atoms with Crippen molar-refractivity contribution in [2.24, 2.45) is 0 Å². The Kier molecular flexibility index (Phi) is 7.47. The van der Waals surface area contributed by atoms with Gasteiger partial charge in [0.1, 0.15) is 5.69 Å². The third kappa shape index (κ3) is 5.89. The van der Waals surface area contributed by atoms with Crippen molar-refractivity contribution in [1.29, 1.82) is 0 Å². The molecule has 0 aliphatic heterocycles. The molecule has 1 rings (SSSR count). The molecule has 1 N–H and O–H groups in total. The average Bonchev–Trinajstić information content (AvgIpc) is 2.43. The van der Waals surface area contributed by atoms with Crippen molar-refractivity contribution in [1.82, 2.24) is 4.90 Å². The molecule has 0 aliphatic carbocycles. The van der Waals surface area contributed by atoms with Gasteiger partial charge in [0.05, 0.1) is 4.92 Å². The number of nitro groups is 1. The average molecular weight is 314 g/mol. The molecule has 0 saturated carbocycles. The quantitative estimate of drug-likeness (QED) is 0.549. The monoisotopic (exact) mass is 313 g/mol. The zero-order chi connectivity index (χ0) is 15.8. The van der Waals surface area contributed by atoms with Crippen molar-refractivity contribution >= 4 is 23.0 Å². The molecule has 118 valence electrons. The van der Waals surface area contributed by atoms with E-state index in [9.17, 15) is 10.1 Å². The maximum Gasteiger partial charge on any atom is 0.292 e. The number of nitro benzene ring substituents is 1. The summed E-state index contributed by atoms with van der Waals surface area (Å²) in [5.41, 5.74) is 0.554. The summed E-state index contributed by atoms with van der Waals surface area (Å²) in [6.07, 6.45) is 2.02. The van der Waals surface area contributed by atoms with Crippen LogP contribution in [0, 0.1) is 10.1 Å². The van der Waals surface area contributed by atoms with Gasteiger partial charge in [-0.2, -0.15) is 0 Å². The van der Waals surface area contributed by atoms with E-state index in [0.717, 1.165) is 32.5 Å². The lowest BCUT2D eigenvalue weighted by Gasteiger charge is -2.20. The minimum atomic E-state index is -0.388. The second-order valence-electron chi connectivity index (χ2n) is 5.13. The Balaban J connectivity index is 2.56. The van der Waals surface area contributed by atoms with Gasteiger partial charge in [-0.3, -0.25) is 10.1 Å². The first-order chi connectivity index (χ1) is 9.97. The molecule has 0 saturated heterocycles. The van der Waals surface area contributed by atoms with Gasteiger partial charge in [-0.15, -0.1) is 0 Å². The van der Waals surface area contributed by atoms with E-state index in [1.54, 1.807) is 6.07 Å². The van der Waals surface area contributed by atoms with Gasteiger partial charge in [-0.25, -0.2) is 0 Å². The molecule has 1 unspecified atom stereocenters. The van der Waals surface area contributed by atoms with Crippen LogP contribution in [0.4, 0.5) is 11.4 Å². The predicted octanol–water partition coefficient (Wildman–Crippen LogP) is 4.17. The Labute approximate surface area is 131 Å². The van der Waals surface area contributed by atoms with E-state index in [2.05, 4.69) is 24.1 Å². The topological polar surface area (TPSA) is 58.4 Å². The lowest BCUT2D eigenvalue weighted by molar-refractivity contribution is -0.384. The summed E-state index contributed by atoms with van der Waals surface area (Å²) < 4.78 is 0. The van der Waals surface area contributed by atoms with Crippen LogP contribution in [-0.2, 0) is 0 Å². The largest absolute Gasteiger partial charge is 0.377 e. The molecule has 1 aromatic rings. The number of halogens is 1. The zero-order valence-electron chi connectivity index (χ0n) is 12.9. The number of nitrogens with one attached hydrogen (secondary N) is 1. The van der Waals surface area contributed by atoms with Gasteiger partial charge in [0.15, 0.2) is 0 Å². The highest BCUT2D eigenvalue weighted by atomic mass is 35.5. The molecule has 0 aliphatic rings. The van der Waals surface area contributed by atoms with Crippen molar-refractivity contribution in [3.05, 3.63) is 33.3 Å². The minimum Gasteiger partial charge on any atom is -0.377 e. The number of anilines is 1. The molecule has 1 aromatic carbocycles. The summed E-state index contributed by atoms with van der Waals surface area (Å²) in [4.78, 5) is 13.0. The standard InChI is InChI=1S/C15H24ClN3O2/c1-4-18(5-2)10-6-7-12(3)17-14-11-13(16)8-9-15(14)19(20)21/h8-9,11-12,17H,4-7,10H2,1-3H3. The fourth-order valence-corrected chi connectivity index (χ4v) is 2.45. The van der Waals surface area contributed by atoms with Crippen LogP contribution in [0.25, 0.3) is 0 Å². The summed E-state index contributed by atoms with van der Waals surface area (Å²) in [5.74, 6) is 0. The molecule has 0 spiro atoms. The molecule has 1 atom stereocenters. The highest BCUT2D eigenvalue weighted by molar-refractivity contribution is 6.31. The molecule has 5 nitrogen and oxygen atoms in total. The fraction of sp³-hybridized carbons (Fsp3) is 0.600. The normalized spacial score (nSPS) is 12.4. The lowest BCUT2D eigenvalue weighted by Crippen LogP contribution is -2.25. The van der Waals surface area contributed by atoms with E-state index in [1.807, 2.05) is 6.92 Å². The van der Waals surface area contributed by atoms with Gasteiger partial charge in [0.25, 0.3) is 5.69 Å². The van der Waals surface area contributed by atoms with Crippen LogP contribution >= 0.6 is 11.6 Å². The molecule has 6 heteroatoms. The Morgan fingerprint density at radius 1 is 1.38 bits per heavy atom. The van der Waals surface area contributed by atoms with Gasteiger partial charge in [0.2, 0.25) is 0 Å². The molecule has 0 bridgehead atoms. The van der Waals surface area contributed by atoms with Crippen molar-refractivity contribution in [3.8, 4) is 0 Å². The number of rotatable bonds is 9. The Morgan fingerprint density at radius 3 is 2.62 bits per heavy atom. The second kappa shape index (κ2) is 8.85. The third-order valence-electron chi connectivity index (χ3n) is 3.56. The molecule has 0 aromatic heterocycles. The van der Waals surface area contributed by atoms with Crippen LogP contribution in [-0.4, -0.2) is 35.5 Å². The highest BCUT2D eigenvalue weighted by Gasteiger charge is 2.15. The van der Waals surface area contributed by atoms with Crippen LogP contribution < -0.4 is 5.32 Å². The van der Waals surface area contributed by atoms with Crippen molar-refractivity contribution < 1.29 is 4.92 Å². The fourth-order valence-electron chi connectivity index (χ4n) is 2.28. The summed E-state index contributed by atoms with van der Waals surface area (Å²) in [5, 5.41) is 14.7. The van der Waals surface area contributed by atoms with Gasteiger partial charge in [0, 0.05) is 17.1 Å². The minimum absolute atomic E-state index is 0.0648. The van der Waals surface area contributed by atoms with Crippen molar-refractivity contribution in [3.63, 3.8) is 0 Å². The first-order valence-corrected chi connectivity index (χ1v) is 7.78. The Morgan fingerprint density at radius 2 is 2.05 bits per heavy atom. The van der Waals surface area contributed by atoms with Crippen molar-refractivity contribution in [2.75, 3.05) is 25.0 Å². The van der Waals surface area contributed by atoms with Crippen LogP contribution in [0.5, 0.6) is 0 Å². The van der Waals surface area contributed by atoms with Gasteiger partial charge < -0.3 is 10.2 Å². The lowest BCUT2D eigenvalue weighted by atomic mass is 10.1. The zero-order valence-corrected chi connectivity index (χ0v) is 13.7. The van der Waals surface area contributed by atoms with Gasteiger partial charge >= 0.3 is 0 Å². The van der Waals surface area contributed by atoms with Gasteiger partial charge in [-0.05, 0) is 51.5 Å². The predicted molar refractivity (Wildman–Crippen MR) is 88.2 cm³/mol. The number of hydrogen-bond donors (Lipinski definition) is 1. The van der Waals surface area contributed by atoms with Crippen LogP contribution in [0.2, 0.25) is 5.02 Å². The molecular formula is C15H24ClN3O2. The SMILES string of the molecule is CCN(CC)CCCC(C)Nc1cc(Cl)ccc1[N+](=O)[O-]. The van der Waals surface area contributed by atoms with Crippen LogP contribution in [0.3, 0.4) is 0 Å². The summed E-state index contributed by atoms with van der Waals surface area (Å²) in [7, 11) is 0. The van der Waals surface area contributed by atoms with Crippen LogP contribution in [0.15, 0.2) is 18.2 Å². The molecule has 0 radical (unpaired) electrons. The van der Waals surface area contributed by atoms with E-state index in [0.29, 0.717) is 10.7 Å². The third-order valence-corrected chi connectivity index (χ3v) is 3.80. The second-order valence-corrected chi connectivity index (χ2v) is 5.57. The highest BCUT2D eigenvalue weighted by Crippen LogP contribution is 2.28. The first kappa shape index (κ1) is 17.7. The van der Waals surface area contributed by atoms with E-state index in [4.69, 9.17) is 11.6 Å². The maximum absolute atomic E-state index is 11.0. The summed E-state index contributed by atoms with van der Waals surface area (Å²) in [6, 6.07) is 4.75. The number of hydrogen-bond acceptors (Lipinski definition) is 4. The van der Waals surface area contributed by atoms with Crippen molar-refractivity contribution in [2.45, 2.75) is 39.7 Å². The molecule has 0 heterocycles. The Bertz CT molecular complexity index is 464. The molecular weight excluding hydrogens is 290 g/mol. The number of benzene rings is 1. The van der Waals surface area contributed by atoms with Gasteiger partial charge in [-0.1, -0.05) is 25.4 Å². The molecule has 0 fully saturated rings. The van der Waals surface area contributed by atoms with Crippen LogP contribution in [0.1, 0.15) is 33.6 Å². The molecule has 0 amide bonds. The number of nitrogens with zero attached hydrogens (tertiary/aromatic N) is 2. The smallest absolute Gasteiger partial charge is 0.292 e.